The number of methoxy groups -OCH3 is 1. The normalized spacial score (nSPS) is 16.8. The molecule has 0 saturated carbocycles. The molecule has 3 amide bonds. The highest BCUT2D eigenvalue weighted by molar-refractivity contribution is 6.39. The van der Waals surface area contributed by atoms with E-state index in [1.54, 1.807) is 69.3 Å². The Hall–Kier alpha value is -4.98. The summed E-state index contributed by atoms with van der Waals surface area (Å²) in [6.45, 7) is 6.66. The van der Waals surface area contributed by atoms with Gasteiger partial charge >= 0.3 is 6.09 Å². The number of nitrogens with one attached hydrogen (secondary N) is 4. The first-order chi connectivity index (χ1) is 26.3. The highest BCUT2D eigenvalue weighted by atomic mass is 35.5. The summed E-state index contributed by atoms with van der Waals surface area (Å²) in [6.07, 6.45) is 4.93. The van der Waals surface area contributed by atoms with Gasteiger partial charge in [-0.1, -0.05) is 47.5 Å². The molecule has 2 aromatic heterocycles. The van der Waals surface area contributed by atoms with Gasteiger partial charge in [0.2, 0.25) is 11.8 Å². The van der Waals surface area contributed by atoms with Crippen LogP contribution in [0.1, 0.15) is 57.6 Å². The number of anilines is 2. The maximum Gasteiger partial charge on any atom is 0.410 e. The summed E-state index contributed by atoms with van der Waals surface area (Å²) in [5, 5.41) is 12.7. The zero-order valence-electron chi connectivity index (χ0n) is 31.1. The molecule has 12 nitrogen and oxygen atoms in total. The van der Waals surface area contributed by atoms with Crippen molar-refractivity contribution in [1.29, 1.82) is 0 Å². The van der Waals surface area contributed by atoms with E-state index >= 15 is 4.39 Å². The van der Waals surface area contributed by atoms with Crippen molar-refractivity contribution >= 4 is 52.6 Å². The summed E-state index contributed by atoms with van der Waals surface area (Å²) in [7, 11) is 1.54. The largest absolute Gasteiger partial charge is 0.496 e. The molecule has 6 rings (SSSR count). The van der Waals surface area contributed by atoms with Gasteiger partial charge in [-0.2, -0.15) is 0 Å². The van der Waals surface area contributed by atoms with E-state index in [1.807, 2.05) is 18.2 Å². The zero-order valence-corrected chi connectivity index (χ0v) is 32.6. The molecule has 0 spiro atoms. The van der Waals surface area contributed by atoms with E-state index in [4.69, 9.17) is 32.7 Å². The summed E-state index contributed by atoms with van der Waals surface area (Å²) in [5.41, 5.74) is 3.18. The third-order valence-corrected chi connectivity index (χ3v) is 10.1. The van der Waals surface area contributed by atoms with Crippen LogP contribution in [0.15, 0.2) is 60.9 Å². The summed E-state index contributed by atoms with van der Waals surface area (Å²) in [5.74, 6) is -0.0139. The Labute approximate surface area is 329 Å². The Morgan fingerprint density at radius 1 is 0.945 bits per heavy atom. The molecular weight excluding hydrogens is 748 g/mol. The van der Waals surface area contributed by atoms with E-state index in [-0.39, 0.29) is 49.4 Å². The molecule has 2 fully saturated rings. The smallest absolute Gasteiger partial charge is 0.410 e. The van der Waals surface area contributed by atoms with Crippen molar-refractivity contribution in [1.82, 2.24) is 30.8 Å². The quantitative estimate of drug-likeness (QED) is 0.109. The predicted molar refractivity (Wildman–Crippen MR) is 210 cm³/mol. The average molecular weight is 793 g/mol. The van der Waals surface area contributed by atoms with Crippen molar-refractivity contribution in [2.75, 3.05) is 25.5 Å². The molecule has 0 bridgehead atoms. The first-order valence-corrected chi connectivity index (χ1v) is 18.8. The van der Waals surface area contributed by atoms with Crippen molar-refractivity contribution in [2.45, 2.75) is 77.2 Å². The van der Waals surface area contributed by atoms with Gasteiger partial charge in [-0.05, 0) is 57.9 Å². The number of hydrogen-bond donors (Lipinski definition) is 4. The molecule has 55 heavy (non-hydrogen) atoms. The number of benzene rings is 2. The summed E-state index contributed by atoms with van der Waals surface area (Å²) >= 11 is 14.0. The van der Waals surface area contributed by atoms with Crippen LogP contribution in [0.4, 0.5) is 20.7 Å². The maximum absolute atomic E-state index is 15.6. The third-order valence-electron chi connectivity index (χ3n) is 9.29. The van der Waals surface area contributed by atoms with Crippen LogP contribution >= 0.6 is 23.2 Å². The Morgan fingerprint density at radius 3 is 2.35 bits per heavy atom. The minimum Gasteiger partial charge on any atom is -0.496 e. The Balaban J connectivity index is 1.21. The number of carbonyl (C=O) groups excluding carboxylic acids is 3. The second-order valence-corrected chi connectivity index (χ2v) is 15.3. The second kappa shape index (κ2) is 17.2. The molecule has 0 unspecified atom stereocenters. The molecule has 0 radical (unpaired) electrons. The molecule has 2 aliphatic rings. The molecule has 2 atom stereocenters. The van der Waals surface area contributed by atoms with Crippen LogP contribution in [0.3, 0.4) is 0 Å². The van der Waals surface area contributed by atoms with Gasteiger partial charge in [0.15, 0.2) is 11.6 Å². The lowest BCUT2D eigenvalue weighted by atomic mass is 10.0. The Morgan fingerprint density at radius 2 is 1.65 bits per heavy atom. The van der Waals surface area contributed by atoms with E-state index in [2.05, 4.69) is 31.2 Å². The van der Waals surface area contributed by atoms with Crippen molar-refractivity contribution < 1.29 is 28.2 Å². The van der Waals surface area contributed by atoms with Crippen LogP contribution in [-0.2, 0) is 27.4 Å². The average Bonchev–Trinajstić information content (AvgIpc) is 3.76. The van der Waals surface area contributed by atoms with Gasteiger partial charge in [0.25, 0.3) is 0 Å². The molecule has 2 saturated heterocycles. The van der Waals surface area contributed by atoms with Crippen molar-refractivity contribution in [3.8, 4) is 28.1 Å². The van der Waals surface area contributed by atoms with Crippen LogP contribution in [0.25, 0.3) is 22.4 Å². The van der Waals surface area contributed by atoms with Crippen LogP contribution < -0.4 is 26.0 Å². The molecule has 290 valence electrons. The lowest BCUT2D eigenvalue weighted by Crippen LogP contribution is -2.43. The standard InChI is InChI=1S/C40H44Cl2FN7O5/c1-40(2,3)55-39(53)50(22-27-11-13-33(52)48-27)21-25-9-8-23(18-31(25)54-4)37-35(42)29(15-17-45-37)28-6-5-7-30(34(28)41)49-38-36(43)24(14-16-46-38)19-44-20-26-10-12-32(51)47-26/h5-9,14-18,26-27,44H,10-13,19-22H2,1-4H3,(H,46,49)(H,47,51)(H,48,52)/t26-,27-/m0/s1. The molecule has 2 aromatic carbocycles. The molecule has 4 heterocycles. The number of amides is 3. The fourth-order valence-electron chi connectivity index (χ4n) is 6.57. The number of ether oxygens (including phenoxy) is 2. The van der Waals surface area contributed by atoms with Crippen molar-refractivity contribution in [3.63, 3.8) is 0 Å². The zero-order chi connectivity index (χ0) is 39.3. The number of hydrogen-bond acceptors (Lipinski definition) is 9. The SMILES string of the molecule is COc1cc(-c2nccc(-c3cccc(Nc4nccc(CNC[C@@H]5CCC(=O)N5)c4F)c3Cl)c2Cl)ccc1CN(C[C@@H]1CCC(=O)N1)C(=O)OC(C)(C)C. The van der Waals surface area contributed by atoms with E-state index < -0.39 is 17.5 Å². The molecule has 4 aromatic rings. The predicted octanol–water partition coefficient (Wildman–Crippen LogP) is 7.39. The molecule has 4 N–H and O–H groups in total. The van der Waals surface area contributed by atoms with Crippen LogP contribution in [0.5, 0.6) is 5.75 Å². The van der Waals surface area contributed by atoms with Crippen molar-refractivity contribution in [3.05, 3.63) is 87.9 Å². The number of rotatable bonds is 13. The summed E-state index contributed by atoms with van der Waals surface area (Å²) in [4.78, 5) is 47.0. The van der Waals surface area contributed by atoms with E-state index in [0.29, 0.717) is 75.2 Å². The van der Waals surface area contributed by atoms with Crippen LogP contribution in [-0.4, -0.2) is 70.7 Å². The topological polar surface area (TPSA) is 147 Å². The van der Waals surface area contributed by atoms with Gasteiger partial charge in [0.05, 0.1) is 35.1 Å². The minimum atomic E-state index is -0.707. The lowest BCUT2D eigenvalue weighted by Gasteiger charge is -2.29. The molecule has 2 aliphatic heterocycles. The third kappa shape index (κ3) is 9.83. The Bertz CT molecular complexity index is 2080. The number of halogens is 3. The van der Waals surface area contributed by atoms with Gasteiger partial charge in [-0.15, -0.1) is 0 Å². The fourth-order valence-corrected chi connectivity index (χ4v) is 7.17. The van der Waals surface area contributed by atoms with Crippen molar-refractivity contribution in [2.24, 2.45) is 0 Å². The molecular formula is C40H44Cl2FN7O5. The lowest BCUT2D eigenvalue weighted by molar-refractivity contribution is -0.120. The van der Waals surface area contributed by atoms with E-state index in [1.165, 1.54) is 6.20 Å². The summed E-state index contributed by atoms with van der Waals surface area (Å²) < 4.78 is 27.1. The van der Waals surface area contributed by atoms with Gasteiger partial charge in [0, 0.05) is 84.8 Å². The maximum atomic E-state index is 15.6. The Kier molecular flexibility index (Phi) is 12.4. The number of pyridine rings is 2. The van der Waals surface area contributed by atoms with Gasteiger partial charge < -0.3 is 35.6 Å². The first kappa shape index (κ1) is 39.7. The van der Waals surface area contributed by atoms with E-state index in [0.717, 1.165) is 12.0 Å². The minimum absolute atomic E-state index is 0.0134. The highest BCUT2D eigenvalue weighted by Crippen LogP contribution is 2.42. The fraction of sp³-hybridized carbons (Fsp3) is 0.375. The molecule has 0 aliphatic carbocycles. The van der Waals surface area contributed by atoms with E-state index in [9.17, 15) is 14.4 Å². The first-order valence-electron chi connectivity index (χ1n) is 18.1. The van der Waals surface area contributed by atoms with Gasteiger partial charge in [-0.25, -0.2) is 14.2 Å². The monoisotopic (exact) mass is 791 g/mol. The highest BCUT2D eigenvalue weighted by Gasteiger charge is 2.29. The number of aromatic nitrogens is 2. The van der Waals surface area contributed by atoms with Gasteiger partial charge in [0.1, 0.15) is 11.4 Å². The second-order valence-electron chi connectivity index (χ2n) is 14.6. The summed E-state index contributed by atoms with van der Waals surface area (Å²) in [6, 6.07) is 14.0. The number of carbonyl (C=O) groups is 3. The molecule has 15 heteroatoms. The van der Waals surface area contributed by atoms with Gasteiger partial charge in [-0.3, -0.25) is 14.6 Å². The van der Waals surface area contributed by atoms with Crippen LogP contribution in [0, 0.1) is 5.82 Å². The van der Waals surface area contributed by atoms with Crippen LogP contribution in [0.2, 0.25) is 10.0 Å². The number of nitrogens with zero attached hydrogens (tertiary/aromatic N) is 3.